The molecule has 0 atom stereocenters. The van der Waals surface area contributed by atoms with Gasteiger partial charge < -0.3 is 4.90 Å². The molecular formula is C14H19BrClNO3S. The molecule has 0 heterocycles. The number of hydrogen-bond acceptors (Lipinski definition) is 3. The minimum atomic E-state index is -3.89. The SMILES string of the molecule is CCCCCN(C)C(=O)c1cc(Br)cc(S(=O)(=O)Cl)c1C. The predicted molar refractivity (Wildman–Crippen MR) is 88.4 cm³/mol. The molecule has 7 heteroatoms. The van der Waals surface area contributed by atoms with Gasteiger partial charge in [-0.2, -0.15) is 0 Å². The second-order valence-electron chi connectivity index (χ2n) is 4.95. The Bertz CT molecular complexity index is 631. The lowest BCUT2D eigenvalue weighted by molar-refractivity contribution is 0.0791. The summed E-state index contributed by atoms with van der Waals surface area (Å²) >= 11 is 3.23. The maximum Gasteiger partial charge on any atom is 0.261 e. The number of benzene rings is 1. The Kier molecular flexibility index (Phi) is 6.69. The molecule has 1 aromatic rings. The molecule has 0 unspecified atom stereocenters. The minimum absolute atomic E-state index is 0.0381. The van der Waals surface area contributed by atoms with E-state index in [9.17, 15) is 13.2 Å². The standard InChI is InChI=1S/C14H19BrClNO3S/c1-4-5-6-7-17(3)14(18)12-8-11(15)9-13(10(12)2)21(16,19)20/h8-9H,4-7H2,1-3H3. The Hall–Kier alpha value is -0.590. The topological polar surface area (TPSA) is 54.5 Å². The van der Waals surface area contributed by atoms with Crippen LogP contribution in [0.5, 0.6) is 0 Å². The van der Waals surface area contributed by atoms with Gasteiger partial charge in [-0.3, -0.25) is 4.79 Å². The van der Waals surface area contributed by atoms with Crippen LogP contribution in [-0.2, 0) is 9.05 Å². The molecule has 0 aliphatic carbocycles. The molecule has 1 rings (SSSR count). The fraction of sp³-hybridized carbons (Fsp3) is 0.500. The van der Waals surface area contributed by atoms with Gasteiger partial charge in [0, 0.05) is 34.3 Å². The Morgan fingerprint density at radius 2 is 1.95 bits per heavy atom. The smallest absolute Gasteiger partial charge is 0.261 e. The second kappa shape index (κ2) is 7.61. The van der Waals surface area contributed by atoms with Crippen LogP contribution >= 0.6 is 26.6 Å². The Balaban J connectivity index is 3.13. The summed E-state index contributed by atoms with van der Waals surface area (Å²) in [6.45, 7) is 4.33. The second-order valence-corrected chi connectivity index (χ2v) is 8.40. The van der Waals surface area contributed by atoms with Gasteiger partial charge in [-0.25, -0.2) is 8.42 Å². The van der Waals surface area contributed by atoms with E-state index >= 15 is 0 Å². The molecule has 0 radical (unpaired) electrons. The molecule has 4 nitrogen and oxygen atoms in total. The molecule has 118 valence electrons. The van der Waals surface area contributed by atoms with Crippen LogP contribution in [0.2, 0.25) is 0 Å². The van der Waals surface area contributed by atoms with Crippen LogP contribution in [0, 0.1) is 6.92 Å². The summed E-state index contributed by atoms with van der Waals surface area (Å²) in [6.07, 6.45) is 3.05. The van der Waals surface area contributed by atoms with Crippen molar-refractivity contribution in [3.63, 3.8) is 0 Å². The summed E-state index contributed by atoms with van der Waals surface area (Å²) in [5.41, 5.74) is 0.725. The van der Waals surface area contributed by atoms with Gasteiger partial charge >= 0.3 is 0 Å². The number of unbranched alkanes of at least 4 members (excludes halogenated alkanes) is 2. The molecule has 0 spiro atoms. The maximum atomic E-state index is 12.5. The van der Waals surface area contributed by atoms with Gasteiger partial charge in [0.1, 0.15) is 0 Å². The fourth-order valence-electron chi connectivity index (χ4n) is 2.04. The number of rotatable bonds is 6. The van der Waals surface area contributed by atoms with Crippen LogP contribution in [0.3, 0.4) is 0 Å². The molecule has 1 amide bonds. The van der Waals surface area contributed by atoms with Crippen LogP contribution in [0.25, 0.3) is 0 Å². The highest BCUT2D eigenvalue weighted by Crippen LogP contribution is 2.28. The number of halogens is 2. The molecular weight excluding hydrogens is 378 g/mol. The first-order valence-corrected chi connectivity index (χ1v) is 9.79. The first-order chi connectivity index (χ1) is 9.68. The summed E-state index contributed by atoms with van der Waals surface area (Å²) in [4.78, 5) is 14.0. The van der Waals surface area contributed by atoms with E-state index in [1.54, 1.807) is 24.9 Å². The van der Waals surface area contributed by atoms with Crippen LogP contribution in [-0.4, -0.2) is 32.8 Å². The number of carbonyl (C=O) groups excluding carboxylic acids is 1. The van der Waals surface area contributed by atoms with Gasteiger partial charge in [-0.1, -0.05) is 35.7 Å². The van der Waals surface area contributed by atoms with Gasteiger partial charge in [0.05, 0.1) is 4.90 Å². The van der Waals surface area contributed by atoms with Crippen molar-refractivity contribution < 1.29 is 13.2 Å². The monoisotopic (exact) mass is 395 g/mol. The van der Waals surface area contributed by atoms with Crippen molar-refractivity contribution in [3.05, 3.63) is 27.7 Å². The zero-order valence-corrected chi connectivity index (χ0v) is 15.5. The van der Waals surface area contributed by atoms with E-state index in [0.717, 1.165) is 19.3 Å². The number of nitrogens with zero attached hydrogens (tertiary/aromatic N) is 1. The first kappa shape index (κ1) is 18.5. The van der Waals surface area contributed by atoms with Gasteiger partial charge in [0.2, 0.25) is 0 Å². The van der Waals surface area contributed by atoms with Crippen molar-refractivity contribution in [2.75, 3.05) is 13.6 Å². The van der Waals surface area contributed by atoms with E-state index < -0.39 is 9.05 Å². The highest BCUT2D eigenvalue weighted by Gasteiger charge is 2.22. The van der Waals surface area contributed by atoms with Gasteiger partial charge in [0.25, 0.3) is 15.0 Å². The third kappa shape index (κ3) is 4.97. The van der Waals surface area contributed by atoms with Gasteiger partial charge in [-0.15, -0.1) is 0 Å². The fourth-order valence-corrected chi connectivity index (χ4v) is 3.87. The van der Waals surface area contributed by atoms with Crippen molar-refractivity contribution in [3.8, 4) is 0 Å². The minimum Gasteiger partial charge on any atom is -0.342 e. The van der Waals surface area contributed by atoms with E-state index in [1.807, 2.05) is 0 Å². The van der Waals surface area contributed by atoms with Crippen molar-refractivity contribution in [2.45, 2.75) is 38.0 Å². The van der Waals surface area contributed by atoms with Crippen LogP contribution < -0.4 is 0 Å². The van der Waals surface area contributed by atoms with Crippen LogP contribution in [0.15, 0.2) is 21.5 Å². The third-order valence-electron chi connectivity index (χ3n) is 3.26. The van der Waals surface area contributed by atoms with E-state index in [0.29, 0.717) is 22.1 Å². The molecule has 0 saturated heterocycles. The van der Waals surface area contributed by atoms with Gasteiger partial charge in [0.15, 0.2) is 0 Å². The van der Waals surface area contributed by atoms with Crippen molar-refractivity contribution in [2.24, 2.45) is 0 Å². The predicted octanol–water partition coefficient (Wildman–Crippen LogP) is 3.95. The number of hydrogen-bond donors (Lipinski definition) is 0. The average molecular weight is 397 g/mol. The normalized spacial score (nSPS) is 11.5. The maximum absolute atomic E-state index is 12.5. The Morgan fingerprint density at radius 1 is 1.33 bits per heavy atom. The molecule has 21 heavy (non-hydrogen) atoms. The molecule has 1 aromatic carbocycles. The zero-order chi connectivity index (χ0) is 16.2. The summed E-state index contributed by atoms with van der Waals surface area (Å²) in [5.74, 6) is -0.202. The van der Waals surface area contributed by atoms with Crippen LogP contribution in [0.1, 0.15) is 42.1 Å². The number of amides is 1. The van der Waals surface area contributed by atoms with Gasteiger partial charge in [-0.05, 0) is 31.0 Å². The van der Waals surface area contributed by atoms with E-state index in [2.05, 4.69) is 22.9 Å². The summed E-state index contributed by atoms with van der Waals surface area (Å²) in [5, 5.41) is 0. The lowest BCUT2D eigenvalue weighted by atomic mass is 10.1. The average Bonchev–Trinajstić information content (AvgIpc) is 2.39. The lowest BCUT2D eigenvalue weighted by Crippen LogP contribution is -2.28. The molecule has 0 saturated carbocycles. The summed E-state index contributed by atoms with van der Waals surface area (Å²) in [6, 6.07) is 3.03. The largest absolute Gasteiger partial charge is 0.342 e. The highest BCUT2D eigenvalue weighted by atomic mass is 79.9. The molecule has 0 fully saturated rings. The third-order valence-corrected chi connectivity index (χ3v) is 5.17. The van der Waals surface area contributed by atoms with E-state index in [1.165, 1.54) is 6.07 Å². The number of carbonyl (C=O) groups is 1. The molecule has 0 aliphatic rings. The lowest BCUT2D eigenvalue weighted by Gasteiger charge is -2.19. The molecule has 0 N–H and O–H groups in total. The molecule has 0 bridgehead atoms. The highest BCUT2D eigenvalue weighted by molar-refractivity contribution is 9.10. The van der Waals surface area contributed by atoms with Crippen molar-refractivity contribution in [1.29, 1.82) is 0 Å². The Morgan fingerprint density at radius 3 is 2.48 bits per heavy atom. The Labute approximate surface area is 139 Å². The molecule has 0 aromatic heterocycles. The first-order valence-electron chi connectivity index (χ1n) is 6.68. The van der Waals surface area contributed by atoms with Crippen molar-refractivity contribution in [1.82, 2.24) is 4.90 Å². The van der Waals surface area contributed by atoms with Crippen molar-refractivity contribution >= 4 is 41.6 Å². The summed E-state index contributed by atoms with van der Waals surface area (Å²) in [7, 11) is 3.25. The molecule has 0 aliphatic heterocycles. The summed E-state index contributed by atoms with van der Waals surface area (Å²) < 4.78 is 23.7. The van der Waals surface area contributed by atoms with Crippen LogP contribution in [0.4, 0.5) is 0 Å². The quantitative estimate of drug-likeness (QED) is 0.540. The zero-order valence-electron chi connectivity index (χ0n) is 12.3. The van der Waals surface area contributed by atoms with E-state index in [4.69, 9.17) is 10.7 Å². The van der Waals surface area contributed by atoms with E-state index in [-0.39, 0.29) is 10.8 Å².